The number of hydrogen-bond donors (Lipinski definition) is 3. The van der Waals surface area contributed by atoms with Crippen molar-refractivity contribution in [2.75, 3.05) is 20.1 Å². The molecule has 1 aliphatic rings. The summed E-state index contributed by atoms with van der Waals surface area (Å²) in [5.41, 5.74) is 0.452. The summed E-state index contributed by atoms with van der Waals surface area (Å²) in [5, 5.41) is 22.9. The Morgan fingerprint density at radius 3 is 2.29 bits per heavy atom. The molecular formula is C30H34F3N3O5S. The van der Waals surface area contributed by atoms with Crippen LogP contribution in [0.3, 0.4) is 0 Å². The first-order valence-electron chi connectivity index (χ1n) is 13.4. The number of benzene rings is 2. The fourth-order valence-corrected chi connectivity index (χ4v) is 6.71. The number of aromatic carboxylic acids is 1. The van der Waals surface area contributed by atoms with Gasteiger partial charge in [-0.15, -0.1) is 0 Å². The molecule has 12 heteroatoms. The lowest BCUT2D eigenvalue weighted by Crippen LogP contribution is -2.47. The second-order valence-corrected chi connectivity index (χ2v) is 13.4. The summed E-state index contributed by atoms with van der Waals surface area (Å²) >= 11 is 0. The van der Waals surface area contributed by atoms with Crippen molar-refractivity contribution in [1.29, 1.82) is 0 Å². The fraction of sp³-hybridized carbons (Fsp3) is 0.400. The zero-order chi connectivity index (χ0) is 30.9. The van der Waals surface area contributed by atoms with Crippen LogP contribution in [0.25, 0.3) is 11.1 Å². The van der Waals surface area contributed by atoms with Crippen molar-refractivity contribution in [3.8, 4) is 11.1 Å². The molecule has 4 rings (SSSR count). The van der Waals surface area contributed by atoms with Crippen LogP contribution in [-0.4, -0.2) is 65.7 Å². The van der Waals surface area contributed by atoms with Crippen LogP contribution in [0.1, 0.15) is 47.4 Å². The van der Waals surface area contributed by atoms with Gasteiger partial charge in [-0.25, -0.2) is 18.2 Å². The Bertz CT molecular complexity index is 1520. The fourth-order valence-electron chi connectivity index (χ4n) is 5.47. The number of sulfonamides is 1. The molecule has 0 radical (unpaired) electrons. The number of halogens is 3. The Balaban J connectivity index is 1.42. The molecule has 8 nitrogen and oxygen atoms in total. The third-order valence-electron chi connectivity index (χ3n) is 7.52. The number of likely N-dealkylation sites (N-methyl/N-ethyl adjacent to an activating group) is 1. The number of fused-ring (bicyclic) bond motifs is 1. The molecule has 0 bridgehead atoms. The van der Waals surface area contributed by atoms with E-state index in [9.17, 15) is 31.5 Å². The van der Waals surface area contributed by atoms with Gasteiger partial charge in [-0.1, -0.05) is 36.4 Å². The SMILES string of the molecule is CN(CC(O)CNC(C)(C)CC1Cc2ccccc2C1)S(=O)(=O)c1ccc(-c2ccc(C(=O)O)nc2)c(C(F)(F)F)c1. The number of pyridine rings is 1. The predicted octanol–water partition coefficient (Wildman–Crippen LogP) is 4.62. The third-order valence-corrected chi connectivity index (χ3v) is 9.34. The van der Waals surface area contributed by atoms with Crippen molar-refractivity contribution in [3.05, 3.63) is 83.2 Å². The quantitative estimate of drug-likeness (QED) is 0.292. The lowest BCUT2D eigenvalue weighted by Gasteiger charge is -2.31. The average molecular weight is 606 g/mol. The molecule has 0 saturated carbocycles. The Labute approximate surface area is 243 Å². The normalized spacial score (nSPS) is 15.1. The molecule has 1 heterocycles. The third kappa shape index (κ3) is 7.35. The van der Waals surface area contributed by atoms with Gasteiger partial charge in [0.2, 0.25) is 10.0 Å². The molecule has 3 N–H and O–H groups in total. The largest absolute Gasteiger partial charge is 0.477 e. The molecule has 1 aromatic heterocycles. The lowest BCUT2D eigenvalue weighted by atomic mass is 9.88. The number of carbonyl (C=O) groups is 1. The number of aliphatic hydroxyl groups is 1. The Morgan fingerprint density at radius 1 is 1.10 bits per heavy atom. The van der Waals surface area contributed by atoms with Crippen molar-refractivity contribution in [1.82, 2.24) is 14.6 Å². The number of aliphatic hydroxyl groups excluding tert-OH is 1. The second-order valence-electron chi connectivity index (χ2n) is 11.4. The van der Waals surface area contributed by atoms with Crippen LogP contribution in [0, 0.1) is 5.92 Å². The van der Waals surface area contributed by atoms with Crippen LogP contribution in [0.4, 0.5) is 13.2 Å². The summed E-state index contributed by atoms with van der Waals surface area (Å²) in [4.78, 5) is 14.1. The summed E-state index contributed by atoms with van der Waals surface area (Å²) in [6.45, 7) is 3.81. The van der Waals surface area contributed by atoms with Crippen LogP contribution < -0.4 is 5.32 Å². The van der Waals surface area contributed by atoms with Crippen LogP contribution in [0.5, 0.6) is 0 Å². The molecule has 0 aliphatic heterocycles. The molecule has 1 atom stereocenters. The molecular weight excluding hydrogens is 571 g/mol. The predicted molar refractivity (Wildman–Crippen MR) is 151 cm³/mol. The number of alkyl halides is 3. The van der Waals surface area contributed by atoms with Crippen molar-refractivity contribution in [2.24, 2.45) is 5.92 Å². The highest BCUT2D eigenvalue weighted by Gasteiger charge is 2.36. The Morgan fingerprint density at radius 2 is 1.74 bits per heavy atom. The van der Waals surface area contributed by atoms with Crippen molar-refractivity contribution >= 4 is 16.0 Å². The maximum atomic E-state index is 14.0. The van der Waals surface area contributed by atoms with Crippen molar-refractivity contribution < 1.29 is 36.6 Å². The summed E-state index contributed by atoms with van der Waals surface area (Å²) in [6.07, 6.45) is -2.21. The summed E-state index contributed by atoms with van der Waals surface area (Å²) in [6, 6.07) is 13.2. The van der Waals surface area contributed by atoms with Crippen LogP contribution >= 0.6 is 0 Å². The summed E-state index contributed by atoms with van der Waals surface area (Å²) < 4.78 is 69.2. The summed E-state index contributed by atoms with van der Waals surface area (Å²) in [7, 11) is -3.18. The maximum Gasteiger partial charge on any atom is 0.417 e. The lowest BCUT2D eigenvalue weighted by molar-refractivity contribution is -0.137. The van der Waals surface area contributed by atoms with Gasteiger partial charge in [-0.2, -0.15) is 17.5 Å². The number of carboxylic acids is 1. The number of carboxylic acid groups (broad SMARTS) is 1. The molecule has 0 amide bonds. The minimum absolute atomic E-state index is 0.0183. The summed E-state index contributed by atoms with van der Waals surface area (Å²) in [5.74, 6) is -0.885. The molecule has 1 aliphatic carbocycles. The van der Waals surface area contributed by atoms with E-state index < -0.39 is 38.7 Å². The van der Waals surface area contributed by atoms with E-state index in [4.69, 9.17) is 5.11 Å². The van der Waals surface area contributed by atoms with E-state index in [2.05, 4.69) is 22.4 Å². The minimum atomic E-state index is -4.90. The van der Waals surface area contributed by atoms with Gasteiger partial charge in [0.1, 0.15) is 5.69 Å². The highest BCUT2D eigenvalue weighted by molar-refractivity contribution is 7.89. The highest BCUT2D eigenvalue weighted by atomic mass is 32.2. The van der Waals surface area contributed by atoms with Crippen LogP contribution in [-0.2, 0) is 29.0 Å². The molecule has 42 heavy (non-hydrogen) atoms. The Hall–Kier alpha value is -3.32. The number of aromatic nitrogens is 1. The van der Waals surface area contributed by atoms with Crippen molar-refractivity contribution in [3.63, 3.8) is 0 Å². The van der Waals surface area contributed by atoms with E-state index in [1.165, 1.54) is 24.2 Å². The number of nitrogens with one attached hydrogen (secondary N) is 1. The van der Waals surface area contributed by atoms with Crippen molar-refractivity contribution in [2.45, 2.75) is 55.8 Å². The first kappa shape index (κ1) is 31.6. The van der Waals surface area contributed by atoms with E-state index in [0.717, 1.165) is 48.0 Å². The van der Waals surface area contributed by atoms with Gasteiger partial charge in [0.15, 0.2) is 0 Å². The van der Waals surface area contributed by atoms with E-state index in [1.54, 1.807) is 0 Å². The van der Waals surface area contributed by atoms with Gasteiger partial charge in [0.25, 0.3) is 0 Å². The van der Waals surface area contributed by atoms with Gasteiger partial charge in [0.05, 0.1) is 16.6 Å². The zero-order valence-electron chi connectivity index (χ0n) is 23.5. The van der Waals surface area contributed by atoms with Crippen LogP contribution in [0.15, 0.2) is 65.7 Å². The molecule has 0 saturated heterocycles. The maximum absolute atomic E-state index is 14.0. The van der Waals surface area contributed by atoms with Gasteiger partial charge in [-0.05, 0) is 73.9 Å². The standard InChI is InChI=1S/C30H34F3N3O5S/c1-29(2,15-19-12-20-6-4-5-7-21(20)13-19)35-17-23(37)18-36(3)42(40,41)24-9-10-25(26(14-24)30(31,32)33)22-8-11-27(28(38)39)34-16-22/h4-11,14,16,19,23,35,37H,12-13,15,17-18H2,1-3H3,(H,38,39). The van der Waals surface area contributed by atoms with E-state index in [0.29, 0.717) is 12.0 Å². The molecule has 0 fully saturated rings. The van der Waals surface area contributed by atoms with E-state index in [1.807, 2.05) is 26.0 Å². The monoisotopic (exact) mass is 605 g/mol. The number of rotatable bonds is 11. The van der Waals surface area contributed by atoms with Gasteiger partial charge in [0, 0.05) is 37.4 Å². The molecule has 3 aromatic rings. The highest BCUT2D eigenvalue weighted by Crippen LogP contribution is 2.39. The van der Waals surface area contributed by atoms with E-state index in [-0.39, 0.29) is 35.4 Å². The number of hydrogen-bond acceptors (Lipinski definition) is 6. The Kier molecular flexibility index (Phi) is 9.12. The number of β-amino-alcohol motifs (C(OH)–C–C–N with tert-alkyl or cyclic N) is 1. The first-order chi connectivity index (χ1) is 19.6. The van der Waals surface area contributed by atoms with Gasteiger partial charge < -0.3 is 15.5 Å². The molecule has 2 aromatic carbocycles. The smallest absolute Gasteiger partial charge is 0.417 e. The second kappa shape index (κ2) is 12.1. The molecule has 0 spiro atoms. The first-order valence-corrected chi connectivity index (χ1v) is 14.9. The van der Waals surface area contributed by atoms with Gasteiger partial charge in [-0.3, -0.25) is 0 Å². The topological polar surface area (TPSA) is 120 Å². The average Bonchev–Trinajstić information content (AvgIpc) is 3.32. The zero-order valence-corrected chi connectivity index (χ0v) is 24.3. The molecule has 226 valence electrons. The number of nitrogens with zero attached hydrogens (tertiary/aromatic N) is 2. The van der Waals surface area contributed by atoms with Gasteiger partial charge >= 0.3 is 12.1 Å². The van der Waals surface area contributed by atoms with E-state index >= 15 is 0 Å². The van der Waals surface area contributed by atoms with Crippen LogP contribution in [0.2, 0.25) is 0 Å². The molecule has 1 unspecified atom stereocenters. The minimum Gasteiger partial charge on any atom is -0.477 e.